The molecule has 0 saturated heterocycles. The molecule has 1 heterocycles. The minimum Gasteiger partial charge on any atom is -0.401 e. The Bertz CT molecular complexity index is 199. The molecule has 0 bridgehead atoms. The quantitative estimate of drug-likeness (QED) is 0.498. The second-order valence-corrected chi connectivity index (χ2v) is 2.48. The van der Waals surface area contributed by atoms with Crippen molar-refractivity contribution in [1.29, 1.82) is 5.26 Å². The summed E-state index contributed by atoms with van der Waals surface area (Å²) >= 11 is 0. The maximum absolute atomic E-state index is 8.60. The van der Waals surface area contributed by atoms with E-state index in [2.05, 4.69) is 11.4 Å². The minimum atomic E-state index is 0.138. The van der Waals surface area contributed by atoms with Gasteiger partial charge in [-0.25, -0.2) is 0 Å². The zero-order valence-corrected chi connectivity index (χ0v) is 6.02. The first kappa shape index (κ1) is 7.10. The van der Waals surface area contributed by atoms with Crippen LogP contribution in [0.3, 0.4) is 0 Å². The molecule has 0 fully saturated rings. The van der Waals surface area contributed by atoms with Crippen LogP contribution >= 0.6 is 0 Å². The lowest BCUT2D eigenvalue weighted by atomic mass is 10.0. The first-order chi connectivity index (χ1) is 4.75. The van der Waals surface area contributed by atoms with Crippen molar-refractivity contribution in [2.45, 2.75) is 19.4 Å². The summed E-state index contributed by atoms with van der Waals surface area (Å²) in [5.74, 6) is 0. The number of hydrogen-bond donors (Lipinski definition) is 2. The Labute approximate surface area is 60.5 Å². The van der Waals surface area contributed by atoms with Crippen LogP contribution in [0, 0.1) is 11.3 Å². The molecule has 0 aromatic carbocycles. The Hall–Kier alpha value is -1.01. The van der Waals surface area contributed by atoms with Crippen molar-refractivity contribution in [3.05, 3.63) is 11.3 Å². The Balaban J connectivity index is 2.86. The molecule has 1 atom stereocenters. The normalized spacial score (nSPS) is 26.2. The van der Waals surface area contributed by atoms with E-state index in [1.165, 1.54) is 0 Å². The van der Waals surface area contributed by atoms with E-state index in [4.69, 9.17) is 11.0 Å². The molecule has 1 aliphatic heterocycles. The first-order valence-electron chi connectivity index (χ1n) is 3.37. The van der Waals surface area contributed by atoms with E-state index in [9.17, 15) is 0 Å². The molecule has 0 radical (unpaired) electrons. The maximum Gasteiger partial charge on any atom is 0.0981 e. The fraction of sp³-hybridized carbons (Fsp3) is 0.571. The van der Waals surface area contributed by atoms with Gasteiger partial charge >= 0.3 is 0 Å². The third-order valence-corrected chi connectivity index (χ3v) is 1.74. The summed E-state index contributed by atoms with van der Waals surface area (Å²) in [6, 6.07) is 2.23. The molecular formula is C7H11N3. The van der Waals surface area contributed by atoms with Crippen molar-refractivity contribution in [1.82, 2.24) is 5.32 Å². The summed E-state index contributed by atoms with van der Waals surface area (Å²) < 4.78 is 0. The van der Waals surface area contributed by atoms with E-state index in [1.807, 2.05) is 6.92 Å². The van der Waals surface area contributed by atoms with Crippen LogP contribution < -0.4 is 11.1 Å². The molecule has 1 rings (SSSR count). The molecule has 0 aromatic rings. The van der Waals surface area contributed by atoms with Crippen LogP contribution in [0.1, 0.15) is 13.3 Å². The van der Waals surface area contributed by atoms with E-state index in [1.54, 1.807) is 0 Å². The fourth-order valence-corrected chi connectivity index (χ4v) is 1.11. The van der Waals surface area contributed by atoms with Gasteiger partial charge in [0.05, 0.1) is 11.6 Å². The molecule has 3 nitrogen and oxygen atoms in total. The van der Waals surface area contributed by atoms with E-state index in [0.29, 0.717) is 5.57 Å². The average Bonchev–Trinajstić information content (AvgIpc) is 1.88. The standard InChI is InChI=1S/C7H11N3/c1-5-6(4-8)7(9)2-3-10-5/h5,10H,2-3,9H2,1H3/t5-/m0/s1. The molecule has 1 aliphatic rings. The van der Waals surface area contributed by atoms with Gasteiger partial charge < -0.3 is 11.1 Å². The third-order valence-electron chi connectivity index (χ3n) is 1.74. The summed E-state index contributed by atoms with van der Waals surface area (Å²) in [5.41, 5.74) is 7.04. The van der Waals surface area contributed by atoms with Crippen LogP contribution in [0.2, 0.25) is 0 Å². The molecular weight excluding hydrogens is 126 g/mol. The third kappa shape index (κ3) is 1.12. The van der Waals surface area contributed by atoms with Gasteiger partial charge in [0.2, 0.25) is 0 Å². The summed E-state index contributed by atoms with van der Waals surface area (Å²) in [5, 5.41) is 11.8. The van der Waals surface area contributed by atoms with Gasteiger partial charge in [0, 0.05) is 24.7 Å². The van der Waals surface area contributed by atoms with Crippen LogP contribution in [0.4, 0.5) is 0 Å². The zero-order valence-electron chi connectivity index (χ0n) is 6.02. The van der Waals surface area contributed by atoms with Gasteiger partial charge in [0.1, 0.15) is 0 Å². The second-order valence-electron chi connectivity index (χ2n) is 2.48. The average molecular weight is 137 g/mol. The lowest BCUT2D eigenvalue weighted by Crippen LogP contribution is -2.35. The van der Waals surface area contributed by atoms with Gasteiger partial charge in [0.15, 0.2) is 0 Å². The van der Waals surface area contributed by atoms with Crippen LogP contribution in [0.5, 0.6) is 0 Å². The largest absolute Gasteiger partial charge is 0.401 e. The fourth-order valence-electron chi connectivity index (χ4n) is 1.11. The predicted molar refractivity (Wildman–Crippen MR) is 38.9 cm³/mol. The number of nitrogens with two attached hydrogens (primary N) is 1. The second kappa shape index (κ2) is 2.72. The highest BCUT2D eigenvalue weighted by atomic mass is 14.9. The van der Waals surface area contributed by atoms with Gasteiger partial charge in [-0.05, 0) is 6.92 Å². The Morgan fingerprint density at radius 3 is 2.90 bits per heavy atom. The van der Waals surface area contributed by atoms with Crippen molar-refractivity contribution in [2.24, 2.45) is 5.73 Å². The first-order valence-corrected chi connectivity index (χ1v) is 3.37. The topological polar surface area (TPSA) is 61.8 Å². The van der Waals surface area contributed by atoms with E-state index in [-0.39, 0.29) is 6.04 Å². The molecule has 0 aromatic heterocycles. The molecule has 0 spiro atoms. The summed E-state index contributed by atoms with van der Waals surface area (Å²) in [4.78, 5) is 0. The van der Waals surface area contributed by atoms with Gasteiger partial charge in [0.25, 0.3) is 0 Å². The molecule has 3 heteroatoms. The summed E-state index contributed by atoms with van der Waals surface area (Å²) in [6.07, 6.45) is 0.799. The molecule has 3 N–H and O–H groups in total. The van der Waals surface area contributed by atoms with E-state index < -0.39 is 0 Å². The van der Waals surface area contributed by atoms with E-state index in [0.717, 1.165) is 18.7 Å². The summed E-state index contributed by atoms with van der Waals surface area (Å²) in [7, 11) is 0. The van der Waals surface area contributed by atoms with Crippen molar-refractivity contribution in [2.75, 3.05) is 6.54 Å². The van der Waals surface area contributed by atoms with E-state index >= 15 is 0 Å². The molecule has 0 aliphatic carbocycles. The smallest absolute Gasteiger partial charge is 0.0981 e. The monoisotopic (exact) mass is 137 g/mol. The van der Waals surface area contributed by atoms with Gasteiger partial charge in [-0.3, -0.25) is 0 Å². The summed E-state index contributed by atoms with van der Waals surface area (Å²) in [6.45, 7) is 2.84. The molecule has 10 heavy (non-hydrogen) atoms. The van der Waals surface area contributed by atoms with Gasteiger partial charge in [-0.15, -0.1) is 0 Å². The Kier molecular flexibility index (Phi) is 1.93. The van der Waals surface area contributed by atoms with Crippen molar-refractivity contribution in [3.8, 4) is 6.07 Å². The van der Waals surface area contributed by atoms with Crippen molar-refractivity contribution >= 4 is 0 Å². The zero-order chi connectivity index (χ0) is 7.56. The lowest BCUT2D eigenvalue weighted by molar-refractivity contribution is 0.576. The molecule has 0 amide bonds. The number of nitriles is 1. The Morgan fingerprint density at radius 2 is 2.50 bits per heavy atom. The highest BCUT2D eigenvalue weighted by Gasteiger charge is 2.15. The predicted octanol–water partition coefficient (Wildman–Crippen LogP) is 0.105. The van der Waals surface area contributed by atoms with Crippen molar-refractivity contribution < 1.29 is 0 Å². The van der Waals surface area contributed by atoms with Crippen molar-refractivity contribution in [3.63, 3.8) is 0 Å². The lowest BCUT2D eigenvalue weighted by Gasteiger charge is -2.20. The van der Waals surface area contributed by atoms with Crippen LogP contribution in [-0.4, -0.2) is 12.6 Å². The highest BCUT2D eigenvalue weighted by molar-refractivity contribution is 5.32. The molecule has 0 unspecified atom stereocenters. The number of nitrogens with one attached hydrogen (secondary N) is 1. The maximum atomic E-state index is 8.60. The number of hydrogen-bond acceptors (Lipinski definition) is 3. The minimum absolute atomic E-state index is 0.138. The highest BCUT2D eigenvalue weighted by Crippen LogP contribution is 2.11. The van der Waals surface area contributed by atoms with Crippen LogP contribution in [-0.2, 0) is 0 Å². The van der Waals surface area contributed by atoms with Gasteiger partial charge in [-0.2, -0.15) is 5.26 Å². The Morgan fingerprint density at radius 1 is 1.80 bits per heavy atom. The molecule has 0 saturated carbocycles. The SMILES string of the molecule is C[C@@H]1NCCC(N)=C1C#N. The number of rotatable bonds is 0. The van der Waals surface area contributed by atoms with Gasteiger partial charge in [-0.1, -0.05) is 0 Å². The molecule has 54 valence electrons. The van der Waals surface area contributed by atoms with Crippen LogP contribution in [0.15, 0.2) is 11.3 Å². The van der Waals surface area contributed by atoms with Crippen LogP contribution in [0.25, 0.3) is 0 Å². The number of nitrogens with zero attached hydrogens (tertiary/aromatic N) is 1.